The molecule has 1 saturated carbocycles. The molecule has 3 aliphatic rings. The molecule has 148 valence electrons. The molecule has 1 aromatic heterocycles. The summed E-state index contributed by atoms with van der Waals surface area (Å²) < 4.78 is 7.93. The first kappa shape index (κ1) is 18.4. The molecular weight excluding hydrogens is 362 g/mol. The molecule has 0 radical (unpaired) electrons. The van der Waals surface area contributed by atoms with Crippen LogP contribution in [-0.4, -0.2) is 40.6 Å². The molecule has 9 heteroatoms. The Bertz CT molecular complexity index is 1010. The highest BCUT2D eigenvalue weighted by molar-refractivity contribution is 6.06. The van der Waals surface area contributed by atoms with Gasteiger partial charge in [-0.1, -0.05) is 36.6 Å². The molecule has 28 heavy (non-hydrogen) atoms. The Labute approximate surface area is 162 Å². The minimum atomic E-state index is -0.653. The molecule has 2 N–H and O–H groups in total. The lowest BCUT2D eigenvalue weighted by Crippen LogP contribution is -2.51. The van der Waals surface area contributed by atoms with Gasteiger partial charge in [-0.15, -0.1) is 0 Å². The average molecular weight is 386 g/mol. The summed E-state index contributed by atoms with van der Waals surface area (Å²) in [6, 6.07) is 0.0614. The zero-order valence-electron chi connectivity index (χ0n) is 16.4. The number of carbonyl (C=O) groups excluding carboxylic acids is 1. The molecule has 0 spiro atoms. The summed E-state index contributed by atoms with van der Waals surface area (Å²) in [6.45, 7) is 6.44. The van der Waals surface area contributed by atoms with Crippen LogP contribution in [-0.2, 0) is 11.3 Å². The van der Waals surface area contributed by atoms with Crippen molar-refractivity contribution in [3.05, 3.63) is 33.9 Å². The van der Waals surface area contributed by atoms with Crippen LogP contribution in [0.15, 0.2) is 27.0 Å². The maximum absolute atomic E-state index is 13.1. The van der Waals surface area contributed by atoms with E-state index in [1.807, 2.05) is 26.8 Å². The van der Waals surface area contributed by atoms with E-state index in [1.54, 1.807) is 10.6 Å². The van der Waals surface area contributed by atoms with Gasteiger partial charge in [0.2, 0.25) is 11.5 Å². The van der Waals surface area contributed by atoms with Crippen LogP contribution in [0, 0.1) is 5.41 Å². The monoisotopic (exact) mass is 386 g/mol. The molecule has 1 fully saturated rings. The number of methoxy groups -OCH3 is 1. The molecule has 1 aromatic rings. The van der Waals surface area contributed by atoms with Crippen LogP contribution in [0.1, 0.15) is 55.7 Å². The number of amidine groups is 1. The van der Waals surface area contributed by atoms with Gasteiger partial charge in [-0.2, -0.15) is 9.56 Å². The Morgan fingerprint density at radius 1 is 1.43 bits per heavy atom. The van der Waals surface area contributed by atoms with Gasteiger partial charge in [0.1, 0.15) is 5.92 Å². The standard InChI is InChI=1S/C19H23N5O4/c1-19(2,3)9-23-16-11-7-8-12(28-4)21-14(11)22-24(16)18(27)13(17(23)26)15(25)20-10-5-6-10/h7-8,10-11H,5-6,9H2,1-4H3,(H-,20,25,26,27)/p+1. The Balaban J connectivity index is 1.90. The second kappa shape index (κ2) is 6.29. The van der Waals surface area contributed by atoms with E-state index in [1.165, 1.54) is 11.8 Å². The van der Waals surface area contributed by atoms with Gasteiger partial charge in [0.15, 0.2) is 5.84 Å². The number of nitrogens with one attached hydrogen (secondary N) is 1. The lowest BCUT2D eigenvalue weighted by Gasteiger charge is -2.20. The Morgan fingerprint density at radius 2 is 2.14 bits per heavy atom. The van der Waals surface area contributed by atoms with Crippen molar-refractivity contribution < 1.29 is 19.2 Å². The van der Waals surface area contributed by atoms with E-state index in [0.29, 0.717) is 24.1 Å². The van der Waals surface area contributed by atoms with E-state index in [0.717, 1.165) is 12.8 Å². The number of fused-ring (bicyclic) bond motifs is 3. The van der Waals surface area contributed by atoms with Crippen molar-refractivity contribution in [1.82, 2.24) is 9.99 Å². The molecule has 4 rings (SSSR count). The minimum Gasteiger partial charge on any atom is -0.481 e. The van der Waals surface area contributed by atoms with Gasteiger partial charge < -0.3 is 15.2 Å². The second-order valence-electron chi connectivity index (χ2n) is 8.52. The van der Waals surface area contributed by atoms with Crippen molar-refractivity contribution in [3.63, 3.8) is 0 Å². The van der Waals surface area contributed by atoms with Crippen LogP contribution < -0.4 is 15.4 Å². The van der Waals surface area contributed by atoms with Gasteiger partial charge in [-0.3, -0.25) is 4.79 Å². The van der Waals surface area contributed by atoms with Gasteiger partial charge >= 0.3 is 17.3 Å². The molecule has 0 aromatic carbocycles. The predicted octanol–water partition coefficient (Wildman–Crippen LogP) is 0.653. The molecule has 0 bridgehead atoms. The lowest BCUT2D eigenvalue weighted by atomic mass is 9.95. The largest absolute Gasteiger partial charge is 0.481 e. The van der Waals surface area contributed by atoms with E-state index in [9.17, 15) is 14.7 Å². The number of dihydropyridines is 1. The number of carbonyl (C=O) groups is 1. The molecule has 3 heterocycles. The summed E-state index contributed by atoms with van der Waals surface area (Å²) in [5, 5.41) is 18.1. The summed E-state index contributed by atoms with van der Waals surface area (Å²) in [5.41, 5.74) is -1.16. The Morgan fingerprint density at radius 3 is 2.75 bits per heavy atom. The molecule has 2 aliphatic heterocycles. The van der Waals surface area contributed by atoms with E-state index in [4.69, 9.17) is 4.74 Å². The topological polar surface area (TPSA) is 109 Å². The Kier molecular flexibility index (Phi) is 4.13. The van der Waals surface area contributed by atoms with Crippen molar-refractivity contribution in [2.75, 3.05) is 7.11 Å². The van der Waals surface area contributed by atoms with Crippen LogP contribution in [0.2, 0.25) is 0 Å². The van der Waals surface area contributed by atoms with Crippen LogP contribution in [0.5, 0.6) is 5.88 Å². The first-order valence-corrected chi connectivity index (χ1v) is 9.32. The van der Waals surface area contributed by atoms with E-state index >= 15 is 0 Å². The summed E-state index contributed by atoms with van der Waals surface area (Å²) >= 11 is 0. The summed E-state index contributed by atoms with van der Waals surface area (Å²) in [7, 11) is 1.50. The fraction of sp³-hybridized carbons (Fsp3) is 0.526. The zero-order chi connectivity index (χ0) is 20.2. The first-order valence-electron chi connectivity index (χ1n) is 9.32. The van der Waals surface area contributed by atoms with Gasteiger partial charge in [-0.25, -0.2) is 4.79 Å². The smallest absolute Gasteiger partial charge is 0.379 e. The highest BCUT2D eigenvalue weighted by Crippen LogP contribution is 2.29. The Hall–Kier alpha value is -2.97. The number of amides is 1. The number of aromatic hydroxyl groups is 1. The van der Waals surface area contributed by atoms with Gasteiger partial charge in [-0.05, 0) is 24.3 Å². The first-order chi connectivity index (χ1) is 13.2. The number of aromatic nitrogens is 2. The number of hydrogen-bond donors (Lipinski definition) is 2. The molecule has 1 unspecified atom stereocenters. The van der Waals surface area contributed by atoms with Crippen molar-refractivity contribution in [1.29, 1.82) is 0 Å². The van der Waals surface area contributed by atoms with E-state index in [-0.39, 0.29) is 22.9 Å². The third-order valence-corrected chi connectivity index (χ3v) is 4.78. The zero-order valence-corrected chi connectivity index (χ0v) is 16.4. The SMILES string of the molecule is COC1=NC2=Nn3c([n+](CC(C)(C)C)c(O)c(C(=O)NC4CC4)c3=O)C2C=C1. The quantitative estimate of drug-likeness (QED) is 0.744. The van der Waals surface area contributed by atoms with Crippen LogP contribution in [0.4, 0.5) is 0 Å². The summed E-state index contributed by atoms with van der Waals surface area (Å²) in [6.07, 6.45) is 5.29. The minimum absolute atomic E-state index is 0.0614. The van der Waals surface area contributed by atoms with Crippen molar-refractivity contribution in [2.45, 2.75) is 52.1 Å². The van der Waals surface area contributed by atoms with Gasteiger partial charge in [0.05, 0.1) is 13.7 Å². The normalized spacial score (nSPS) is 20.2. The molecule has 1 atom stereocenters. The van der Waals surface area contributed by atoms with Crippen LogP contribution in [0.25, 0.3) is 0 Å². The highest BCUT2D eigenvalue weighted by atomic mass is 16.5. The maximum Gasteiger partial charge on any atom is 0.379 e. The lowest BCUT2D eigenvalue weighted by molar-refractivity contribution is -0.724. The highest BCUT2D eigenvalue weighted by Gasteiger charge is 2.44. The van der Waals surface area contributed by atoms with Crippen molar-refractivity contribution >= 4 is 17.6 Å². The number of rotatable bonds is 3. The fourth-order valence-corrected chi connectivity index (χ4v) is 3.36. The molecule has 0 saturated heterocycles. The van der Waals surface area contributed by atoms with Crippen molar-refractivity contribution in [3.8, 4) is 5.88 Å². The predicted molar refractivity (Wildman–Crippen MR) is 102 cm³/mol. The molecule has 1 amide bonds. The van der Waals surface area contributed by atoms with E-state index in [2.05, 4.69) is 15.4 Å². The van der Waals surface area contributed by atoms with Crippen LogP contribution in [0.3, 0.4) is 0 Å². The van der Waals surface area contributed by atoms with Crippen molar-refractivity contribution in [2.24, 2.45) is 15.5 Å². The van der Waals surface area contributed by atoms with Gasteiger partial charge in [0, 0.05) is 6.04 Å². The average Bonchev–Trinajstić information content (AvgIpc) is 3.34. The number of ether oxygens (including phenoxy) is 1. The van der Waals surface area contributed by atoms with E-state index < -0.39 is 17.4 Å². The summed E-state index contributed by atoms with van der Waals surface area (Å²) in [5.74, 6) is -0.0660. The fourth-order valence-electron chi connectivity index (χ4n) is 3.36. The number of nitrogens with zero attached hydrogens (tertiary/aromatic N) is 4. The molecular formula is C19H24N5O4+. The second-order valence-corrected chi connectivity index (χ2v) is 8.52. The number of hydrogen-bond acceptors (Lipinski definition) is 6. The molecule has 1 aliphatic carbocycles. The third-order valence-electron chi connectivity index (χ3n) is 4.78. The maximum atomic E-state index is 13.1. The number of aliphatic imine (C=N–C) groups is 1. The third kappa shape index (κ3) is 3.10. The molecule has 9 nitrogen and oxygen atoms in total. The summed E-state index contributed by atoms with van der Waals surface area (Å²) in [4.78, 5) is 30.0. The van der Waals surface area contributed by atoms with Crippen LogP contribution >= 0.6 is 0 Å². The van der Waals surface area contributed by atoms with Gasteiger partial charge in [0.25, 0.3) is 5.91 Å².